The van der Waals surface area contributed by atoms with E-state index in [4.69, 9.17) is 5.73 Å². The molecule has 0 spiro atoms. The number of carbonyl (C=O) groups excluding carboxylic acids is 1. The molecule has 2 N–H and O–H groups in total. The third-order valence-corrected chi connectivity index (χ3v) is 4.24. The van der Waals surface area contributed by atoms with Gasteiger partial charge in [-0.25, -0.2) is 0 Å². The van der Waals surface area contributed by atoms with E-state index in [0.29, 0.717) is 16.5 Å². The molecule has 0 bridgehead atoms. The molecule has 0 radical (unpaired) electrons. The molecule has 2 aromatic heterocycles. The molecule has 2 heterocycles. The van der Waals surface area contributed by atoms with E-state index in [1.807, 2.05) is 0 Å². The lowest BCUT2D eigenvalue weighted by atomic mass is 10.1. The van der Waals surface area contributed by atoms with Crippen LogP contribution in [0, 0.1) is 5.92 Å². The van der Waals surface area contributed by atoms with Crippen molar-refractivity contribution in [2.24, 2.45) is 5.92 Å². The van der Waals surface area contributed by atoms with Crippen LogP contribution >= 0.6 is 11.3 Å². The molecule has 0 aromatic carbocycles. The summed E-state index contributed by atoms with van der Waals surface area (Å²) in [6.45, 7) is 4.21. The summed E-state index contributed by atoms with van der Waals surface area (Å²) in [5, 5.41) is 5.34. The Labute approximate surface area is 136 Å². The van der Waals surface area contributed by atoms with Crippen molar-refractivity contribution in [3.63, 3.8) is 0 Å². The number of ketones is 1. The predicted octanol–water partition coefficient (Wildman–Crippen LogP) is 2.01. The first-order valence-corrected chi connectivity index (χ1v) is 8.05. The Morgan fingerprint density at radius 3 is 2.61 bits per heavy atom. The molecule has 1 aliphatic carbocycles. The lowest BCUT2D eigenvalue weighted by Gasteiger charge is -2.03. The predicted molar refractivity (Wildman–Crippen MR) is 91.4 cm³/mol. The van der Waals surface area contributed by atoms with E-state index in [0.717, 1.165) is 11.4 Å². The van der Waals surface area contributed by atoms with Crippen molar-refractivity contribution in [2.75, 3.05) is 5.73 Å². The van der Waals surface area contributed by atoms with Crippen molar-refractivity contribution >= 4 is 34.0 Å². The first-order valence-electron chi connectivity index (χ1n) is 7.24. The molecule has 2 aromatic rings. The minimum absolute atomic E-state index is 0.0850. The van der Waals surface area contributed by atoms with Crippen LogP contribution in [0.3, 0.4) is 0 Å². The largest absolute Gasteiger partial charge is 0.383 e. The summed E-state index contributed by atoms with van der Waals surface area (Å²) < 4.78 is 1.51. The van der Waals surface area contributed by atoms with E-state index in [9.17, 15) is 9.59 Å². The average Bonchev–Trinajstić information content (AvgIpc) is 2.87. The fourth-order valence-electron chi connectivity index (χ4n) is 2.22. The summed E-state index contributed by atoms with van der Waals surface area (Å²) in [4.78, 5) is 28.0. The normalized spacial score (nSPS) is 14.2. The van der Waals surface area contributed by atoms with Crippen molar-refractivity contribution in [2.45, 2.75) is 20.3 Å². The van der Waals surface area contributed by atoms with Gasteiger partial charge in [0.25, 0.3) is 5.56 Å². The minimum atomic E-state index is -0.395. The average molecular weight is 328 g/mol. The van der Waals surface area contributed by atoms with Crippen LogP contribution < -0.4 is 11.3 Å². The summed E-state index contributed by atoms with van der Waals surface area (Å²) in [6.07, 6.45) is 8.59. The van der Waals surface area contributed by atoms with Crippen molar-refractivity contribution in [3.05, 3.63) is 50.8 Å². The van der Waals surface area contributed by atoms with E-state index >= 15 is 0 Å². The number of hydrogen-bond acceptors (Lipinski definition) is 6. The molecule has 0 saturated carbocycles. The number of anilines is 1. The Bertz CT molecular complexity index is 913. The van der Waals surface area contributed by atoms with Gasteiger partial charge in [-0.1, -0.05) is 37.3 Å². The summed E-state index contributed by atoms with van der Waals surface area (Å²) in [7, 11) is 0. The zero-order valence-electron chi connectivity index (χ0n) is 12.8. The molecule has 1 aliphatic rings. The molecule has 0 unspecified atom stereocenters. The number of nitrogens with two attached hydrogens (primary N) is 1. The Kier molecular flexibility index (Phi) is 3.96. The fourth-order valence-corrected chi connectivity index (χ4v) is 3.32. The maximum absolute atomic E-state index is 12.2. The molecule has 0 amide bonds. The van der Waals surface area contributed by atoms with Crippen LogP contribution in [0.25, 0.3) is 11.0 Å². The van der Waals surface area contributed by atoms with Crippen molar-refractivity contribution in [1.29, 1.82) is 0 Å². The summed E-state index contributed by atoms with van der Waals surface area (Å²) >= 11 is 1.38. The van der Waals surface area contributed by atoms with Gasteiger partial charge in [0.15, 0.2) is 5.78 Å². The third kappa shape index (κ3) is 3.14. The van der Waals surface area contributed by atoms with Crippen molar-refractivity contribution < 1.29 is 4.79 Å². The fraction of sp³-hybridized carbons (Fsp3) is 0.250. The van der Waals surface area contributed by atoms with Crippen molar-refractivity contribution in [1.82, 2.24) is 14.6 Å². The number of fused-ring (bicyclic) bond motifs is 1. The van der Waals surface area contributed by atoms with Gasteiger partial charge < -0.3 is 5.73 Å². The quantitative estimate of drug-likeness (QED) is 0.931. The number of nitrogens with zero attached hydrogens (tertiary/aromatic N) is 3. The maximum atomic E-state index is 12.2. The van der Waals surface area contributed by atoms with Gasteiger partial charge in [0.1, 0.15) is 10.8 Å². The summed E-state index contributed by atoms with van der Waals surface area (Å²) in [5.74, 6) is 0.636. The number of hydrogen-bond donors (Lipinski definition) is 1. The van der Waals surface area contributed by atoms with Crippen molar-refractivity contribution in [3.8, 4) is 0 Å². The van der Waals surface area contributed by atoms with E-state index in [2.05, 4.69) is 23.9 Å². The highest BCUT2D eigenvalue weighted by Crippen LogP contribution is 2.21. The van der Waals surface area contributed by atoms with Crippen LogP contribution in [0.5, 0.6) is 0 Å². The van der Waals surface area contributed by atoms with E-state index in [1.165, 1.54) is 28.0 Å². The molecule has 6 nitrogen and oxygen atoms in total. The second-order valence-electron chi connectivity index (χ2n) is 5.72. The Morgan fingerprint density at radius 1 is 1.26 bits per heavy atom. The second kappa shape index (κ2) is 5.92. The molecular weight excluding hydrogens is 312 g/mol. The van der Waals surface area contributed by atoms with Gasteiger partial charge in [-0.15, -0.1) is 0 Å². The highest BCUT2D eigenvalue weighted by Gasteiger charge is 2.14. The Balaban J connectivity index is 2.09. The third-order valence-electron chi connectivity index (χ3n) is 3.31. The molecule has 118 valence electrons. The van der Waals surface area contributed by atoms with Crippen LogP contribution in [-0.2, 0) is 11.2 Å². The number of rotatable bonds is 3. The molecule has 0 atom stereocenters. The Morgan fingerprint density at radius 2 is 1.96 bits per heavy atom. The second-order valence-corrected chi connectivity index (χ2v) is 6.76. The van der Waals surface area contributed by atoms with E-state index in [1.54, 1.807) is 18.2 Å². The number of carbonyl (C=O) groups is 1. The molecule has 3 rings (SSSR count). The number of nitrogen functional groups attached to an aromatic ring is 1. The zero-order valence-corrected chi connectivity index (χ0v) is 13.6. The van der Waals surface area contributed by atoms with Gasteiger partial charge in [0.05, 0.1) is 5.56 Å². The lowest BCUT2D eigenvalue weighted by Crippen LogP contribution is -2.16. The number of allylic oxidation sites excluding steroid dienone is 5. The van der Waals surface area contributed by atoms with Crippen LogP contribution in [0.15, 0.2) is 34.7 Å². The highest BCUT2D eigenvalue weighted by molar-refractivity contribution is 7.16. The molecular formula is C16H16N4O2S. The van der Waals surface area contributed by atoms with Gasteiger partial charge in [0, 0.05) is 6.42 Å². The van der Waals surface area contributed by atoms with Crippen LogP contribution in [0.4, 0.5) is 5.82 Å². The van der Waals surface area contributed by atoms with Gasteiger partial charge >= 0.3 is 0 Å². The van der Waals surface area contributed by atoms with E-state index in [-0.39, 0.29) is 17.2 Å². The smallest absolute Gasteiger partial charge is 0.283 e. The van der Waals surface area contributed by atoms with Gasteiger partial charge in [-0.3, -0.25) is 9.59 Å². The monoisotopic (exact) mass is 328 g/mol. The maximum Gasteiger partial charge on any atom is 0.283 e. The standard InChI is InChI=1S/C16H16N4O2S/c1-9(2)7-13-19-20-14(17)12(15(22)18-16(20)23-13)8-10-3-5-11(21)6-4-10/h3-6,8-9H,7,17H2,1-2H3. The number of aromatic nitrogens is 3. The topological polar surface area (TPSA) is 90.4 Å². The van der Waals surface area contributed by atoms with Gasteiger partial charge in [-0.05, 0) is 29.7 Å². The lowest BCUT2D eigenvalue weighted by molar-refractivity contribution is -0.110. The van der Waals surface area contributed by atoms with Crippen LogP contribution in [-0.4, -0.2) is 20.4 Å². The molecule has 0 fully saturated rings. The molecule has 0 aliphatic heterocycles. The van der Waals surface area contributed by atoms with Crippen LogP contribution in [0.2, 0.25) is 0 Å². The zero-order chi connectivity index (χ0) is 16.6. The van der Waals surface area contributed by atoms with Gasteiger partial charge in [0.2, 0.25) is 4.96 Å². The SMILES string of the molecule is CC(C)Cc1nn2c(N)c(C=C3C=CC(=O)C=C3)c(=O)nc2s1. The highest BCUT2D eigenvalue weighted by atomic mass is 32.1. The first-order chi connectivity index (χ1) is 10.9. The van der Waals surface area contributed by atoms with Gasteiger partial charge in [-0.2, -0.15) is 14.6 Å². The summed E-state index contributed by atoms with van der Waals surface area (Å²) in [5.41, 5.74) is 6.72. The molecule has 7 heteroatoms. The molecule has 0 saturated heterocycles. The van der Waals surface area contributed by atoms with E-state index < -0.39 is 5.56 Å². The first kappa shape index (κ1) is 15.4. The Hall–Kier alpha value is -2.54. The summed E-state index contributed by atoms with van der Waals surface area (Å²) in [6, 6.07) is 0. The van der Waals surface area contributed by atoms with Crippen LogP contribution in [0.1, 0.15) is 24.4 Å². The minimum Gasteiger partial charge on any atom is -0.383 e. The molecule has 23 heavy (non-hydrogen) atoms.